The van der Waals surface area contributed by atoms with Crippen LogP contribution in [0, 0.1) is 0 Å². The van der Waals surface area contributed by atoms with Crippen molar-refractivity contribution in [1.82, 2.24) is 0 Å². The largest absolute Gasteiger partial charge is 0.494 e. The number of rotatable bonds is 7. The first-order chi connectivity index (χ1) is 16.5. The highest BCUT2D eigenvalue weighted by Crippen LogP contribution is 2.37. The Morgan fingerprint density at radius 2 is 1.59 bits per heavy atom. The molecule has 0 aromatic heterocycles. The number of anilines is 2. The average molecular weight is 479 g/mol. The molecule has 7 heteroatoms. The number of hydrogen-bond donors (Lipinski definition) is 2. The molecule has 0 aliphatic carbocycles. The molecule has 0 bridgehead atoms. The van der Waals surface area contributed by atoms with E-state index < -0.39 is 5.41 Å². The lowest BCUT2D eigenvalue weighted by Crippen LogP contribution is -2.44. The smallest absolute Gasteiger partial charge is 0.255 e. The number of hydrogen-bond acceptors (Lipinski definition) is 4. The molecule has 1 aliphatic heterocycles. The molecule has 1 aliphatic rings. The van der Waals surface area contributed by atoms with Crippen LogP contribution in [0.5, 0.6) is 5.75 Å². The summed E-state index contributed by atoms with van der Waals surface area (Å²) in [4.78, 5) is 26.1. The lowest BCUT2D eigenvalue weighted by molar-refractivity contribution is -0.125. The van der Waals surface area contributed by atoms with Crippen molar-refractivity contribution in [3.05, 3.63) is 88.9 Å². The Morgan fingerprint density at radius 3 is 2.24 bits per heavy atom. The molecule has 0 saturated carbocycles. The Bertz CT molecular complexity index is 1140. The van der Waals surface area contributed by atoms with Crippen molar-refractivity contribution in [2.45, 2.75) is 25.2 Å². The molecule has 1 fully saturated rings. The fourth-order valence-electron chi connectivity index (χ4n) is 4.11. The van der Waals surface area contributed by atoms with Gasteiger partial charge < -0.3 is 20.1 Å². The van der Waals surface area contributed by atoms with E-state index in [1.54, 1.807) is 42.5 Å². The molecule has 3 aromatic carbocycles. The molecule has 3 aromatic rings. The summed E-state index contributed by atoms with van der Waals surface area (Å²) in [6.45, 7) is 3.51. The molecule has 1 heterocycles. The van der Waals surface area contributed by atoms with Gasteiger partial charge in [0.25, 0.3) is 5.91 Å². The van der Waals surface area contributed by atoms with Gasteiger partial charge in [0.15, 0.2) is 0 Å². The van der Waals surface area contributed by atoms with Crippen LogP contribution in [0.3, 0.4) is 0 Å². The SMILES string of the molecule is CCOc1ccc(NC(=O)c2ccc(NC(=O)C3(c4cccc(Cl)c4)CCOCC3)cc2)cc1. The molecule has 4 rings (SSSR count). The molecule has 0 atom stereocenters. The Hall–Kier alpha value is -3.35. The zero-order valence-corrected chi connectivity index (χ0v) is 19.7. The highest BCUT2D eigenvalue weighted by Gasteiger charge is 2.41. The van der Waals surface area contributed by atoms with E-state index in [2.05, 4.69) is 10.6 Å². The van der Waals surface area contributed by atoms with Crippen molar-refractivity contribution >= 4 is 34.8 Å². The number of ether oxygens (including phenoxy) is 2. The summed E-state index contributed by atoms with van der Waals surface area (Å²) < 4.78 is 10.9. The van der Waals surface area contributed by atoms with E-state index in [1.807, 2.05) is 37.3 Å². The summed E-state index contributed by atoms with van der Waals surface area (Å²) in [5, 5.41) is 6.48. The van der Waals surface area contributed by atoms with Crippen molar-refractivity contribution in [2.24, 2.45) is 0 Å². The van der Waals surface area contributed by atoms with Gasteiger partial charge in [0.2, 0.25) is 5.91 Å². The maximum absolute atomic E-state index is 13.4. The van der Waals surface area contributed by atoms with Crippen LogP contribution >= 0.6 is 11.6 Å². The predicted octanol–water partition coefficient (Wildman–Crippen LogP) is 5.68. The third-order valence-electron chi connectivity index (χ3n) is 5.99. The number of nitrogens with one attached hydrogen (secondary N) is 2. The van der Waals surface area contributed by atoms with Crippen LogP contribution in [0.1, 0.15) is 35.7 Å². The number of halogens is 1. The number of amides is 2. The molecule has 0 spiro atoms. The van der Waals surface area contributed by atoms with E-state index in [1.165, 1.54) is 0 Å². The van der Waals surface area contributed by atoms with Crippen LogP contribution in [0.4, 0.5) is 11.4 Å². The van der Waals surface area contributed by atoms with E-state index in [9.17, 15) is 9.59 Å². The topological polar surface area (TPSA) is 76.7 Å². The summed E-state index contributed by atoms with van der Waals surface area (Å²) in [5.74, 6) is 0.409. The molecular weight excluding hydrogens is 452 g/mol. The van der Waals surface area contributed by atoms with Crippen LogP contribution < -0.4 is 15.4 Å². The van der Waals surface area contributed by atoms with Crippen molar-refractivity contribution in [3.8, 4) is 5.75 Å². The summed E-state index contributed by atoms with van der Waals surface area (Å²) in [6, 6.07) is 21.5. The van der Waals surface area contributed by atoms with Crippen LogP contribution in [-0.2, 0) is 14.9 Å². The summed E-state index contributed by atoms with van der Waals surface area (Å²) in [7, 11) is 0. The van der Waals surface area contributed by atoms with E-state index in [-0.39, 0.29) is 11.8 Å². The van der Waals surface area contributed by atoms with Crippen molar-refractivity contribution in [1.29, 1.82) is 0 Å². The average Bonchev–Trinajstić information content (AvgIpc) is 2.86. The molecule has 176 valence electrons. The van der Waals surface area contributed by atoms with Gasteiger partial charge in [-0.3, -0.25) is 9.59 Å². The summed E-state index contributed by atoms with van der Waals surface area (Å²) in [6.07, 6.45) is 1.14. The first kappa shape index (κ1) is 23.8. The molecule has 0 radical (unpaired) electrons. The van der Waals surface area contributed by atoms with Crippen molar-refractivity contribution < 1.29 is 19.1 Å². The Kier molecular flexibility index (Phi) is 7.50. The second-order valence-corrected chi connectivity index (χ2v) is 8.58. The Labute approximate surface area is 204 Å². The number of carbonyl (C=O) groups is 2. The van der Waals surface area contributed by atoms with E-state index in [0.29, 0.717) is 54.6 Å². The van der Waals surface area contributed by atoms with Gasteiger partial charge in [0.1, 0.15) is 5.75 Å². The van der Waals surface area contributed by atoms with Gasteiger partial charge in [-0.25, -0.2) is 0 Å². The minimum Gasteiger partial charge on any atom is -0.494 e. The van der Waals surface area contributed by atoms with Gasteiger partial charge in [-0.15, -0.1) is 0 Å². The minimum absolute atomic E-state index is 0.107. The van der Waals surface area contributed by atoms with Crippen molar-refractivity contribution in [2.75, 3.05) is 30.5 Å². The normalized spacial score (nSPS) is 14.8. The summed E-state index contributed by atoms with van der Waals surface area (Å²) in [5.41, 5.74) is 1.95. The molecule has 2 N–H and O–H groups in total. The first-order valence-electron chi connectivity index (χ1n) is 11.3. The molecular formula is C27H27ClN2O4. The van der Waals surface area contributed by atoms with Gasteiger partial charge in [0, 0.05) is 35.2 Å². The monoisotopic (exact) mass is 478 g/mol. The van der Waals surface area contributed by atoms with Gasteiger partial charge in [0.05, 0.1) is 12.0 Å². The van der Waals surface area contributed by atoms with Crippen molar-refractivity contribution in [3.63, 3.8) is 0 Å². The minimum atomic E-state index is -0.715. The fourth-order valence-corrected chi connectivity index (χ4v) is 4.30. The van der Waals surface area contributed by atoms with Gasteiger partial charge in [-0.1, -0.05) is 23.7 Å². The lowest BCUT2D eigenvalue weighted by Gasteiger charge is -2.36. The Morgan fingerprint density at radius 1 is 0.941 bits per heavy atom. The number of carbonyl (C=O) groups excluding carboxylic acids is 2. The quantitative estimate of drug-likeness (QED) is 0.458. The highest BCUT2D eigenvalue weighted by molar-refractivity contribution is 6.30. The second kappa shape index (κ2) is 10.7. The van der Waals surface area contributed by atoms with Crippen LogP contribution in [0.15, 0.2) is 72.8 Å². The van der Waals surface area contributed by atoms with E-state index in [4.69, 9.17) is 21.1 Å². The van der Waals surface area contributed by atoms with Gasteiger partial charge in [-0.05, 0) is 86.0 Å². The second-order valence-electron chi connectivity index (χ2n) is 8.15. The van der Waals surface area contributed by atoms with E-state index >= 15 is 0 Å². The van der Waals surface area contributed by atoms with E-state index in [0.717, 1.165) is 11.3 Å². The lowest BCUT2D eigenvalue weighted by atomic mass is 9.73. The van der Waals surface area contributed by atoms with Crippen LogP contribution in [0.2, 0.25) is 5.02 Å². The third kappa shape index (κ3) is 5.41. The third-order valence-corrected chi connectivity index (χ3v) is 6.22. The van der Waals surface area contributed by atoms with Crippen LogP contribution in [0.25, 0.3) is 0 Å². The fraction of sp³-hybridized carbons (Fsp3) is 0.259. The highest BCUT2D eigenvalue weighted by atomic mass is 35.5. The molecule has 2 amide bonds. The maximum atomic E-state index is 13.4. The Balaban J connectivity index is 1.44. The van der Waals surface area contributed by atoms with Gasteiger partial charge in [-0.2, -0.15) is 0 Å². The standard InChI is InChI=1S/C27H27ClN2O4/c1-2-34-24-12-10-22(11-13-24)29-25(31)19-6-8-23(9-7-19)30-26(32)27(14-16-33-17-15-27)20-4-3-5-21(28)18-20/h3-13,18H,2,14-17H2,1H3,(H,29,31)(H,30,32). The van der Waals surface area contributed by atoms with Gasteiger partial charge >= 0.3 is 0 Å². The molecule has 34 heavy (non-hydrogen) atoms. The number of benzene rings is 3. The zero-order chi connectivity index (χ0) is 24.0. The predicted molar refractivity (Wildman–Crippen MR) is 134 cm³/mol. The maximum Gasteiger partial charge on any atom is 0.255 e. The molecule has 0 unspecified atom stereocenters. The molecule has 1 saturated heterocycles. The zero-order valence-electron chi connectivity index (χ0n) is 19.0. The van der Waals surface area contributed by atoms with Crippen LogP contribution in [-0.4, -0.2) is 31.6 Å². The first-order valence-corrected chi connectivity index (χ1v) is 11.7. The summed E-state index contributed by atoms with van der Waals surface area (Å²) >= 11 is 6.21. The molecule has 6 nitrogen and oxygen atoms in total.